The van der Waals surface area contributed by atoms with E-state index in [1.807, 2.05) is 66.7 Å². The SMILES string of the molecule is CC(C)c1ccc(NC(=O)c2ccccc2-c2ncc(-c3cccc(Br)c3)o2)cc1. The highest BCUT2D eigenvalue weighted by atomic mass is 79.9. The zero-order valence-corrected chi connectivity index (χ0v) is 18.3. The predicted octanol–water partition coefficient (Wildman–Crippen LogP) is 7.15. The molecule has 1 heterocycles. The Labute approximate surface area is 184 Å². The molecule has 0 aliphatic rings. The first-order valence-corrected chi connectivity index (χ1v) is 10.5. The summed E-state index contributed by atoms with van der Waals surface area (Å²) in [7, 11) is 0. The van der Waals surface area contributed by atoms with Crippen LogP contribution in [0.4, 0.5) is 5.69 Å². The number of hydrogen-bond donors (Lipinski definition) is 1. The van der Waals surface area contributed by atoms with Crippen molar-refractivity contribution in [3.8, 4) is 22.8 Å². The highest BCUT2D eigenvalue weighted by Gasteiger charge is 2.17. The van der Waals surface area contributed by atoms with Crippen LogP contribution in [0.15, 0.2) is 87.9 Å². The number of carbonyl (C=O) groups excluding carboxylic acids is 1. The van der Waals surface area contributed by atoms with E-state index in [9.17, 15) is 4.79 Å². The third-order valence-corrected chi connectivity index (χ3v) is 5.35. The van der Waals surface area contributed by atoms with Crippen LogP contribution in [-0.2, 0) is 0 Å². The van der Waals surface area contributed by atoms with Crippen molar-refractivity contribution < 1.29 is 9.21 Å². The van der Waals surface area contributed by atoms with Crippen molar-refractivity contribution in [1.82, 2.24) is 4.98 Å². The lowest BCUT2D eigenvalue weighted by Crippen LogP contribution is -2.13. The Hall–Kier alpha value is -3.18. The molecule has 0 atom stereocenters. The van der Waals surface area contributed by atoms with Gasteiger partial charge in [0.25, 0.3) is 5.91 Å². The number of nitrogens with one attached hydrogen (secondary N) is 1. The lowest BCUT2D eigenvalue weighted by atomic mass is 10.0. The van der Waals surface area contributed by atoms with Gasteiger partial charge in [-0.1, -0.05) is 66.2 Å². The maximum atomic E-state index is 13.0. The second kappa shape index (κ2) is 8.67. The minimum absolute atomic E-state index is 0.204. The molecule has 1 amide bonds. The van der Waals surface area contributed by atoms with Gasteiger partial charge in [-0.25, -0.2) is 4.98 Å². The van der Waals surface area contributed by atoms with Crippen LogP contribution in [0.5, 0.6) is 0 Å². The second-order valence-electron chi connectivity index (χ2n) is 7.32. The number of carbonyl (C=O) groups is 1. The van der Waals surface area contributed by atoms with Crippen molar-refractivity contribution in [3.05, 3.63) is 94.6 Å². The number of rotatable bonds is 5. The van der Waals surface area contributed by atoms with Gasteiger partial charge in [-0.3, -0.25) is 4.79 Å². The molecule has 30 heavy (non-hydrogen) atoms. The van der Waals surface area contributed by atoms with Gasteiger partial charge < -0.3 is 9.73 Å². The molecular weight excluding hydrogens is 440 g/mol. The molecule has 0 aliphatic carbocycles. The molecule has 0 saturated carbocycles. The van der Waals surface area contributed by atoms with E-state index in [4.69, 9.17) is 4.42 Å². The van der Waals surface area contributed by atoms with Crippen LogP contribution in [0.3, 0.4) is 0 Å². The van der Waals surface area contributed by atoms with Gasteiger partial charge in [0.05, 0.1) is 11.8 Å². The molecule has 0 radical (unpaired) electrons. The van der Waals surface area contributed by atoms with Crippen LogP contribution in [-0.4, -0.2) is 10.9 Å². The highest BCUT2D eigenvalue weighted by Crippen LogP contribution is 2.30. The van der Waals surface area contributed by atoms with Gasteiger partial charge in [-0.15, -0.1) is 0 Å². The monoisotopic (exact) mass is 460 g/mol. The fraction of sp³-hybridized carbons (Fsp3) is 0.120. The lowest BCUT2D eigenvalue weighted by molar-refractivity contribution is 0.102. The first-order valence-electron chi connectivity index (χ1n) is 9.74. The third-order valence-electron chi connectivity index (χ3n) is 4.85. The van der Waals surface area contributed by atoms with Crippen molar-refractivity contribution in [2.75, 3.05) is 5.32 Å². The summed E-state index contributed by atoms with van der Waals surface area (Å²) in [5.74, 6) is 1.29. The van der Waals surface area contributed by atoms with Gasteiger partial charge in [0.1, 0.15) is 0 Å². The minimum atomic E-state index is -0.204. The van der Waals surface area contributed by atoms with Crippen LogP contribution in [0.2, 0.25) is 0 Å². The predicted molar refractivity (Wildman–Crippen MR) is 124 cm³/mol. The summed E-state index contributed by atoms with van der Waals surface area (Å²) >= 11 is 3.47. The highest BCUT2D eigenvalue weighted by molar-refractivity contribution is 9.10. The molecule has 0 fully saturated rings. The van der Waals surface area contributed by atoms with Crippen LogP contribution in [0, 0.1) is 0 Å². The van der Waals surface area contributed by atoms with Crippen molar-refractivity contribution in [2.24, 2.45) is 0 Å². The first kappa shape index (κ1) is 20.1. The number of hydrogen-bond acceptors (Lipinski definition) is 3. The molecule has 0 spiro atoms. The Morgan fingerprint density at radius 3 is 2.50 bits per heavy atom. The second-order valence-corrected chi connectivity index (χ2v) is 8.23. The molecule has 0 unspecified atom stereocenters. The zero-order chi connectivity index (χ0) is 21.1. The van der Waals surface area contributed by atoms with Crippen molar-refractivity contribution >= 4 is 27.5 Å². The summed E-state index contributed by atoms with van der Waals surface area (Å²) in [5.41, 5.74) is 4.05. The van der Waals surface area contributed by atoms with Crippen LogP contribution in [0.1, 0.15) is 35.7 Å². The van der Waals surface area contributed by atoms with E-state index in [1.54, 1.807) is 12.3 Å². The van der Waals surface area contributed by atoms with Crippen molar-refractivity contribution in [1.29, 1.82) is 0 Å². The number of nitrogens with zero attached hydrogens (tertiary/aromatic N) is 1. The summed E-state index contributed by atoms with van der Waals surface area (Å²) in [6.07, 6.45) is 1.68. The summed E-state index contributed by atoms with van der Waals surface area (Å²) in [6, 6.07) is 23.0. The number of anilines is 1. The number of aromatic nitrogens is 1. The maximum Gasteiger partial charge on any atom is 0.256 e. The standard InChI is InChI=1S/C25H21BrN2O2/c1-16(2)17-10-12-20(13-11-17)28-24(29)21-8-3-4-9-22(21)25-27-15-23(30-25)18-6-5-7-19(26)14-18/h3-16H,1-2H3,(H,28,29). The molecule has 4 nitrogen and oxygen atoms in total. The normalized spacial score (nSPS) is 10.9. The number of oxazole rings is 1. The number of halogens is 1. The molecule has 150 valence electrons. The molecule has 4 rings (SSSR count). The quantitative estimate of drug-likeness (QED) is 0.344. The topological polar surface area (TPSA) is 55.1 Å². The fourth-order valence-electron chi connectivity index (χ4n) is 3.19. The van der Waals surface area contributed by atoms with Gasteiger partial charge in [0, 0.05) is 21.3 Å². The Balaban J connectivity index is 1.60. The Kier molecular flexibility index (Phi) is 5.81. The van der Waals surface area contributed by atoms with E-state index in [0.717, 1.165) is 15.7 Å². The fourth-order valence-corrected chi connectivity index (χ4v) is 3.59. The number of amides is 1. The molecule has 3 aromatic carbocycles. The maximum absolute atomic E-state index is 13.0. The van der Waals surface area contributed by atoms with Crippen LogP contribution < -0.4 is 5.32 Å². The molecule has 0 aliphatic heterocycles. The smallest absolute Gasteiger partial charge is 0.256 e. The van der Waals surface area contributed by atoms with Crippen LogP contribution >= 0.6 is 15.9 Å². The number of benzene rings is 3. The van der Waals surface area contributed by atoms with Crippen molar-refractivity contribution in [2.45, 2.75) is 19.8 Å². The Morgan fingerprint density at radius 1 is 1.00 bits per heavy atom. The van der Waals surface area contributed by atoms with Crippen molar-refractivity contribution in [3.63, 3.8) is 0 Å². The van der Waals surface area contributed by atoms with Crippen LogP contribution in [0.25, 0.3) is 22.8 Å². The third kappa shape index (κ3) is 4.36. The van der Waals surface area contributed by atoms with E-state index in [1.165, 1.54) is 5.56 Å². The zero-order valence-electron chi connectivity index (χ0n) is 16.7. The van der Waals surface area contributed by atoms with E-state index in [0.29, 0.717) is 28.7 Å². The average Bonchev–Trinajstić information content (AvgIpc) is 3.24. The van der Waals surface area contributed by atoms with Gasteiger partial charge in [0.15, 0.2) is 5.76 Å². The molecular formula is C25H21BrN2O2. The van der Waals surface area contributed by atoms with Gasteiger partial charge in [-0.05, 0) is 47.9 Å². The van der Waals surface area contributed by atoms with E-state index in [2.05, 4.69) is 40.1 Å². The Morgan fingerprint density at radius 2 is 1.77 bits per heavy atom. The van der Waals surface area contributed by atoms with E-state index in [-0.39, 0.29) is 5.91 Å². The molecule has 0 saturated heterocycles. The average molecular weight is 461 g/mol. The van der Waals surface area contributed by atoms with Gasteiger partial charge in [0.2, 0.25) is 5.89 Å². The summed E-state index contributed by atoms with van der Waals surface area (Å²) in [4.78, 5) is 17.4. The summed E-state index contributed by atoms with van der Waals surface area (Å²) in [5, 5.41) is 2.97. The van der Waals surface area contributed by atoms with E-state index >= 15 is 0 Å². The largest absolute Gasteiger partial charge is 0.436 e. The molecule has 0 bridgehead atoms. The molecule has 1 N–H and O–H groups in total. The Bertz CT molecular complexity index is 1180. The first-order chi connectivity index (χ1) is 14.5. The lowest BCUT2D eigenvalue weighted by Gasteiger charge is -2.10. The molecule has 1 aromatic heterocycles. The summed E-state index contributed by atoms with van der Waals surface area (Å²) in [6.45, 7) is 4.28. The summed E-state index contributed by atoms with van der Waals surface area (Å²) < 4.78 is 6.94. The van der Waals surface area contributed by atoms with E-state index < -0.39 is 0 Å². The van der Waals surface area contributed by atoms with Gasteiger partial charge >= 0.3 is 0 Å². The minimum Gasteiger partial charge on any atom is -0.436 e. The molecule has 5 heteroatoms. The van der Waals surface area contributed by atoms with Gasteiger partial charge in [-0.2, -0.15) is 0 Å². The molecule has 4 aromatic rings.